The zero-order chi connectivity index (χ0) is 20.7. The number of unbranched alkanes of at least 4 members (excludes halogenated alkanes) is 14. The van der Waals surface area contributed by atoms with Crippen LogP contribution < -0.4 is 0 Å². The van der Waals surface area contributed by atoms with Crippen LogP contribution in [-0.2, 0) is 9.53 Å². The van der Waals surface area contributed by atoms with Gasteiger partial charge in [0, 0.05) is 13.0 Å². The van der Waals surface area contributed by atoms with Crippen molar-refractivity contribution in [1.82, 2.24) is 0 Å². The van der Waals surface area contributed by atoms with Gasteiger partial charge in [-0.25, -0.2) is 0 Å². The normalized spacial score (nSPS) is 12.4. The summed E-state index contributed by atoms with van der Waals surface area (Å²) in [5.41, 5.74) is 0. The zero-order valence-corrected chi connectivity index (χ0v) is 19.7. The Hall–Kier alpha value is -0.370. The molecular formula is C26H52O2. The van der Waals surface area contributed by atoms with Gasteiger partial charge in [0.25, 0.3) is 0 Å². The van der Waals surface area contributed by atoms with Crippen molar-refractivity contribution in [3.05, 3.63) is 0 Å². The molecular weight excluding hydrogens is 344 g/mol. The molecule has 1 unspecified atom stereocenters. The van der Waals surface area contributed by atoms with Crippen LogP contribution in [0.15, 0.2) is 0 Å². The van der Waals surface area contributed by atoms with Gasteiger partial charge in [-0.15, -0.1) is 0 Å². The van der Waals surface area contributed by atoms with Gasteiger partial charge in [-0.3, -0.25) is 0 Å². The van der Waals surface area contributed by atoms with Crippen molar-refractivity contribution in [2.75, 3.05) is 6.61 Å². The van der Waals surface area contributed by atoms with Crippen LogP contribution >= 0.6 is 0 Å². The Bertz CT molecular complexity index is 314. The fourth-order valence-electron chi connectivity index (χ4n) is 3.86. The second kappa shape index (κ2) is 22.9. The lowest BCUT2D eigenvalue weighted by atomic mass is 10.0. The number of ketones is 1. The van der Waals surface area contributed by atoms with E-state index in [0.717, 1.165) is 19.4 Å². The highest BCUT2D eigenvalue weighted by Crippen LogP contribution is 2.17. The van der Waals surface area contributed by atoms with Gasteiger partial charge in [-0.2, -0.15) is 0 Å². The Morgan fingerprint density at radius 3 is 1.57 bits per heavy atom. The molecule has 0 N–H and O–H groups in total. The Kier molecular flexibility index (Phi) is 22.6. The van der Waals surface area contributed by atoms with Crippen molar-refractivity contribution < 1.29 is 9.53 Å². The number of Topliss-reactive ketones (excluding diaryl/α,β-unsaturated/α-hetero) is 1. The van der Waals surface area contributed by atoms with Gasteiger partial charge < -0.3 is 9.53 Å². The molecule has 1 atom stereocenters. The molecule has 0 radical (unpaired) electrons. The summed E-state index contributed by atoms with van der Waals surface area (Å²) in [7, 11) is 0. The van der Waals surface area contributed by atoms with E-state index >= 15 is 0 Å². The fraction of sp³-hybridized carbons (Fsp3) is 0.962. The van der Waals surface area contributed by atoms with Crippen molar-refractivity contribution in [3.8, 4) is 0 Å². The second-order valence-corrected chi connectivity index (χ2v) is 8.83. The molecule has 0 bridgehead atoms. The van der Waals surface area contributed by atoms with Gasteiger partial charge >= 0.3 is 0 Å². The molecule has 0 spiro atoms. The lowest BCUT2D eigenvalue weighted by Gasteiger charge is -2.17. The van der Waals surface area contributed by atoms with Crippen LogP contribution in [0.2, 0.25) is 0 Å². The van der Waals surface area contributed by atoms with E-state index in [1.165, 1.54) is 116 Å². The summed E-state index contributed by atoms with van der Waals surface area (Å²) in [4.78, 5) is 10.9. The molecule has 0 aromatic heterocycles. The van der Waals surface area contributed by atoms with Gasteiger partial charge in [0.1, 0.15) is 5.78 Å². The molecule has 0 heterocycles. The van der Waals surface area contributed by atoms with Gasteiger partial charge in [0.15, 0.2) is 0 Å². The van der Waals surface area contributed by atoms with E-state index < -0.39 is 0 Å². The molecule has 0 aliphatic rings. The summed E-state index contributed by atoms with van der Waals surface area (Å²) in [6, 6.07) is 0. The Labute approximate surface area is 177 Å². The van der Waals surface area contributed by atoms with Gasteiger partial charge in [-0.05, 0) is 32.6 Å². The van der Waals surface area contributed by atoms with Crippen LogP contribution in [0.3, 0.4) is 0 Å². The Morgan fingerprint density at radius 1 is 0.607 bits per heavy atom. The van der Waals surface area contributed by atoms with Crippen molar-refractivity contribution in [2.24, 2.45) is 0 Å². The number of ether oxygens (including phenoxy) is 1. The average Bonchev–Trinajstić information content (AvgIpc) is 2.68. The molecule has 168 valence electrons. The molecule has 2 heteroatoms. The first-order valence-corrected chi connectivity index (χ1v) is 12.8. The first kappa shape index (κ1) is 27.6. The molecule has 0 aromatic carbocycles. The summed E-state index contributed by atoms with van der Waals surface area (Å²) in [5.74, 6) is 0.343. The summed E-state index contributed by atoms with van der Waals surface area (Å²) in [6.45, 7) is 7.21. The van der Waals surface area contributed by atoms with E-state index in [2.05, 4.69) is 13.8 Å². The van der Waals surface area contributed by atoms with Crippen molar-refractivity contribution in [2.45, 2.75) is 155 Å². The van der Waals surface area contributed by atoms with Gasteiger partial charge in [-0.1, -0.05) is 110 Å². The Balaban J connectivity index is 3.39. The van der Waals surface area contributed by atoms with E-state index in [1.807, 2.05) is 0 Å². The summed E-state index contributed by atoms with van der Waals surface area (Å²) in [5, 5.41) is 0. The monoisotopic (exact) mass is 396 g/mol. The third kappa shape index (κ3) is 21.9. The summed E-state index contributed by atoms with van der Waals surface area (Å²) < 4.78 is 6.15. The van der Waals surface area contributed by atoms with Crippen LogP contribution in [0.1, 0.15) is 149 Å². The highest BCUT2D eigenvalue weighted by atomic mass is 16.5. The quantitative estimate of drug-likeness (QED) is 0.161. The predicted molar refractivity (Wildman–Crippen MR) is 124 cm³/mol. The van der Waals surface area contributed by atoms with Crippen molar-refractivity contribution >= 4 is 5.78 Å². The van der Waals surface area contributed by atoms with Crippen molar-refractivity contribution in [3.63, 3.8) is 0 Å². The van der Waals surface area contributed by atoms with Crippen LogP contribution in [0.5, 0.6) is 0 Å². The lowest BCUT2D eigenvalue weighted by Crippen LogP contribution is -2.14. The first-order chi connectivity index (χ1) is 13.7. The molecule has 0 aliphatic heterocycles. The summed E-state index contributed by atoms with van der Waals surface area (Å²) >= 11 is 0. The minimum atomic E-state index is 0.343. The number of hydrogen-bond acceptors (Lipinski definition) is 2. The van der Waals surface area contributed by atoms with Crippen molar-refractivity contribution in [1.29, 1.82) is 0 Å². The van der Waals surface area contributed by atoms with Crippen LogP contribution in [0.25, 0.3) is 0 Å². The van der Waals surface area contributed by atoms with E-state index in [9.17, 15) is 4.79 Å². The average molecular weight is 397 g/mol. The largest absolute Gasteiger partial charge is 0.378 e. The topological polar surface area (TPSA) is 26.3 Å². The second-order valence-electron chi connectivity index (χ2n) is 8.83. The molecule has 0 fully saturated rings. The molecule has 0 amide bonds. The Morgan fingerprint density at radius 2 is 1.07 bits per heavy atom. The highest BCUT2D eigenvalue weighted by molar-refractivity contribution is 5.75. The molecule has 0 aromatic rings. The molecule has 0 saturated heterocycles. The van der Waals surface area contributed by atoms with E-state index in [0.29, 0.717) is 11.9 Å². The third-order valence-electron chi connectivity index (χ3n) is 5.79. The fourth-order valence-corrected chi connectivity index (χ4v) is 3.86. The van der Waals surface area contributed by atoms with Crippen LogP contribution in [-0.4, -0.2) is 18.5 Å². The first-order valence-electron chi connectivity index (χ1n) is 12.8. The smallest absolute Gasteiger partial charge is 0.129 e. The predicted octanol–water partition coefficient (Wildman–Crippen LogP) is 8.80. The lowest BCUT2D eigenvalue weighted by molar-refractivity contribution is -0.117. The molecule has 28 heavy (non-hydrogen) atoms. The number of carbonyl (C=O) groups excluding carboxylic acids is 1. The maximum absolute atomic E-state index is 10.9. The SMILES string of the molecule is CCCCCOC(CCCC)CCCCCCCCCCCCCCC(C)=O. The minimum absolute atomic E-state index is 0.343. The standard InChI is InChI=1S/C26H52O2/c1-4-6-20-24-28-26(22-7-5-2)23-19-17-15-13-11-9-8-10-12-14-16-18-21-25(3)27/h26H,4-24H2,1-3H3. The molecule has 0 aliphatic carbocycles. The van der Waals surface area contributed by atoms with E-state index in [4.69, 9.17) is 4.74 Å². The molecule has 0 rings (SSSR count). The number of hydrogen-bond donors (Lipinski definition) is 0. The highest BCUT2D eigenvalue weighted by Gasteiger charge is 2.08. The minimum Gasteiger partial charge on any atom is -0.378 e. The number of carbonyl (C=O) groups is 1. The number of rotatable bonds is 23. The molecule has 2 nitrogen and oxygen atoms in total. The molecule has 0 saturated carbocycles. The zero-order valence-electron chi connectivity index (χ0n) is 19.7. The van der Waals surface area contributed by atoms with Crippen LogP contribution in [0.4, 0.5) is 0 Å². The summed E-state index contributed by atoms with van der Waals surface area (Å²) in [6.07, 6.45) is 26.4. The third-order valence-corrected chi connectivity index (χ3v) is 5.79. The van der Waals surface area contributed by atoms with E-state index in [1.54, 1.807) is 6.92 Å². The van der Waals surface area contributed by atoms with E-state index in [-0.39, 0.29) is 0 Å². The maximum atomic E-state index is 10.9. The van der Waals surface area contributed by atoms with Crippen LogP contribution in [0, 0.1) is 0 Å². The maximum Gasteiger partial charge on any atom is 0.129 e. The van der Waals surface area contributed by atoms with Gasteiger partial charge in [0.05, 0.1) is 6.10 Å². The van der Waals surface area contributed by atoms with Gasteiger partial charge in [0.2, 0.25) is 0 Å².